The highest BCUT2D eigenvalue weighted by atomic mass is 19.3. The number of carbonyl (C=O) groups excluding carboxylic acids is 1. The molecule has 1 nitrogen and oxygen atoms in total. The number of aldehydes is 1. The van der Waals surface area contributed by atoms with Gasteiger partial charge in [-0.3, -0.25) is 4.79 Å². The van der Waals surface area contributed by atoms with Gasteiger partial charge >= 0.3 is 11.8 Å². The molecular weight excluding hydrogens is 140 g/mol. The van der Waals surface area contributed by atoms with Gasteiger partial charge in [0.1, 0.15) is 0 Å². The number of halogens is 4. The molecule has 0 radical (unpaired) electrons. The van der Waals surface area contributed by atoms with Crippen LogP contribution in [0.4, 0.5) is 17.6 Å². The van der Waals surface area contributed by atoms with E-state index in [1.165, 1.54) is 0 Å². The van der Waals surface area contributed by atoms with Crippen LogP contribution in [0.3, 0.4) is 0 Å². The lowest BCUT2D eigenvalue weighted by molar-refractivity contribution is -0.189. The zero-order valence-corrected chi connectivity index (χ0v) is 4.50. The molecule has 0 aromatic rings. The van der Waals surface area contributed by atoms with Crippen molar-refractivity contribution in [2.24, 2.45) is 0 Å². The lowest BCUT2D eigenvalue weighted by Gasteiger charge is -2.15. The summed E-state index contributed by atoms with van der Waals surface area (Å²) in [6, 6.07) is 0. The molecule has 0 N–H and O–H groups in total. The summed E-state index contributed by atoms with van der Waals surface area (Å²) in [4.78, 5) is 9.24. The molecule has 0 aliphatic heterocycles. The van der Waals surface area contributed by atoms with E-state index in [1.807, 2.05) is 0 Å². The predicted molar refractivity (Wildman–Crippen MR) is 21.6 cm³/mol. The van der Waals surface area contributed by atoms with Crippen LogP contribution in [0, 0.1) is 0 Å². The van der Waals surface area contributed by atoms with Gasteiger partial charge in [-0.25, -0.2) is 0 Å². The molecule has 0 amide bonds. The zero-order chi connectivity index (χ0) is 7.71. The van der Waals surface area contributed by atoms with Gasteiger partial charge in [0.25, 0.3) is 0 Å². The average Bonchev–Trinajstić information content (AvgIpc) is 1.64. The van der Waals surface area contributed by atoms with Crippen LogP contribution in [0.25, 0.3) is 0 Å². The molecule has 9 heavy (non-hydrogen) atoms. The molecule has 0 saturated carbocycles. The van der Waals surface area contributed by atoms with Crippen molar-refractivity contribution in [3.05, 3.63) is 0 Å². The smallest absolute Gasteiger partial charge is 0.296 e. The fraction of sp³-hybridized carbons (Fsp3) is 0.750. The minimum atomic E-state index is -4.53. The summed E-state index contributed by atoms with van der Waals surface area (Å²) in [7, 11) is 0. The fourth-order valence-electron chi connectivity index (χ4n) is 0.103. The van der Waals surface area contributed by atoms with E-state index in [-0.39, 0.29) is 6.92 Å². The van der Waals surface area contributed by atoms with Gasteiger partial charge < -0.3 is 0 Å². The van der Waals surface area contributed by atoms with Crippen molar-refractivity contribution in [1.82, 2.24) is 0 Å². The first kappa shape index (κ1) is 8.39. The maximum Gasteiger partial charge on any atom is 0.363 e. The molecule has 0 unspecified atom stereocenters. The molecule has 0 heterocycles. The highest BCUT2D eigenvalue weighted by Crippen LogP contribution is 2.31. The molecule has 0 bridgehead atoms. The molecule has 5 heteroatoms. The summed E-state index contributed by atoms with van der Waals surface area (Å²) in [5.74, 6) is -8.79. The van der Waals surface area contributed by atoms with E-state index in [1.54, 1.807) is 0 Å². The van der Waals surface area contributed by atoms with Gasteiger partial charge in [0.05, 0.1) is 0 Å². The topological polar surface area (TPSA) is 17.1 Å². The van der Waals surface area contributed by atoms with Crippen LogP contribution in [0.2, 0.25) is 0 Å². The van der Waals surface area contributed by atoms with Crippen molar-refractivity contribution in [2.45, 2.75) is 18.8 Å². The van der Waals surface area contributed by atoms with Crippen LogP contribution in [0.5, 0.6) is 0 Å². The second-order valence-electron chi connectivity index (χ2n) is 1.63. The van der Waals surface area contributed by atoms with Gasteiger partial charge in [-0.05, 0) is 0 Å². The molecule has 0 rings (SSSR count). The van der Waals surface area contributed by atoms with E-state index in [9.17, 15) is 22.4 Å². The van der Waals surface area contributed by atoms with Crippen molar-refractivity contribution in [3.63, 3.8) is 0 Å². The first-order valence-electron chi connectivity index (χ1n) is 2.03. The van der Waals surface area contributed by atoms with Crippen molar-refractivity contribution in [1.29, 1.82) is 0 Å². The second-order valence-corrected chi connectivity index (χ2v) is 1.63. The van der Waals surface area contributed by atoms with E-state index < -0.39 is 18.1 Å². The Bertz CT molecular complexity index is 114. The summed E-state index contributed by atoms with van der Waals surface area (Å²) in [5, 5.41) is 0. The van der Waals surface area contributed by atoms with Gasteiger partial charge in [0.2, 0.25) is 0 Å². The summed E-state index contributed by atoms with van der Waals surface area (Å²) in [6.07, 6.45) is -1.06. The summed E-state index contributed by atoms with van der Waals surface area (Å²) >= 11 is 0. The van der Waals surface area contributed by atoms with Crippen molar-refractivity contribution in [2.75, 3.05) is 0 Å². The zero-order valence-electron chi connectivity index (χ0n) is 4.50. The Hall–Kier alpha value is -0.610. The molecule has 54 valence electrons. The van der Waals surface area contributed by atoms with Crippen LogP contribution in [0.15, 0.2) is 0 Å². The molecule has 0 aromatic carbocycles. The molecular formula is C4H4F4O. The third-order valence-electron chi connectivity index (χ3n) is 0.733. The Morgan fingerprint density at radius 1 is 1.22 bits per heavy atom. The Kier molecular flexibility index (Phi) is 1.83. The van der Waals surface area contributed by atoms with Gasteiger partial charge in [0.15, 0.2) is 6.29 Å². The largest absolute Gasteiger partial charge is 0.363 e. The van der Waals surface area contributed by atoms with E-state index >= 15 is 0 Å². The second kappa shape index (κ2) is 1.97. The Labute approximate surface area is 48.7 Å². The van der Waals surface area contributed by atoms with E-state index in [0.29, 0.717) is 0 Å². The van der Waals surface area contributed by atoms with Crippen molar-refractivity contribution in [3.8, 4) is 0 Å². The minimum absolute atomic E-state index is 0.0125. The monoisotopic (exact) mass is 144 g/mol. The Morgan fingerprint density at radius 3 is 1.56 bits per heavy atom. The van der Waals surface area contributed by atoms with Gasteiger partial charge in [0, 0.05) is 6.92 Å². The van der Waals surface area contributed by atoms with Crippen LogP contribution < -0.4 is 0 Å². The van der Waals surface area contributed by atoms with Crippen molar-refractivity contribution >= 4 is 6.29 Å². The molecule has 0 aliphatic carbocycles. The van der Waals surface area contributed by atoms with Crippen molar-refractivity contribution < 1.29 is 22.4 Å². The maximum atomic E-state index is 11.5. The van der Waals surface area contributed by atoms with Crippen LogP contribution in [0.1, 0.15) is 6.92 Å². The molecule has 0 fully saturated rings. The fourth-order valence-corrected chi connectivity index (χ4v) is 0.103. The highest BCUT2D eigenvalue weighted by Gasteiger charge is 2.52. The van der Waals surface area contributed by atoms with Crippen LogP contribution in [-0.2, 0) is 4.79 Å². The lowest BCUT2D eigenvalue weighted by atomic mass is 10.2. The Balaban J connectivity index is 4.32. The molecule has 0 aromatic heterocycles. The standard InChI is InChI=1S/C4H4F4O/c1-3(5,6)4(7,8)2-9/h2H,1H3. The molecule has 0 aliphatic rings. The number of hydrogen-bond donors (Lipinski definition) is 0. The van der Waals surface area contributed by atoms with Gasteiger partial charge in [-0.2, -0.15) is 17.6 Å². The third-order valence-corrected chi connectivity index (χ3v) is 0.733. The number of alkyl halides is 4. The van der Waals surface area contributed by atoms with Crippen LogP contribution in [-0.4, -0.2) is 18.1 Å². The first-order chi connectivity index (χ1) is 3.81. The normalized spacial score (nSPS) is 13.4. The maximum absolute atomic E-state index is 11.5. The summed E-state index contributed by atoms with van der Waals surface area (Å²) in [6.45, 7) is -0.0125. The highest BCUT2D eigenvalue weighted by molar-refractivity contribution is 5.61. The molecule has 0 atom stereocenters. The van der Waals surface area contributed by atoms with E-state index in [0.717, 1.165) is 0 Å². The van der Waals surface area contributed by atoms with Gasteiger partial charge in [-0.1, -0.05) is 0 Å². The lowest BCUT2D eigenvalue weighted by Crippen LogP contribution is -2.38. The summed E-state index contributed by atoms with van der Waals surface area (Å²) in [5.41, 5.74) is 0. The molecule has 0 spiro atoms. The number of rotatable bonds is 2. The van der Waals surface area contributed by atoms with Crippen LogP contribution >= 0.6 is 0 Å². The SMILES string of the molecule is CC(F)(F)C(F)(F)C=O. The minimum Gasteiger partial charge on any atom is -0.296 e. The number of hydrogen-bond acceptors (Lipinski definition) is 1. The quantitative estimate of drug-likeness (QED) is 0.423. The van der Waals surface area contributed by atoms with E-state index in [4.69, 9.17) is 0 Å². The third kappa shape index (κ3) is 1.65. The Morgan fingerprint density at radius 2 is 1.56 bits per heavy atom. The molecule has 0 saturated heterocycles. The number of carbonyl (C=O) groups is 1. The first-order valence-corrected chi connectivity index (χ1v) is 2.03. The average molecular weight is 144 g/mol. The summed E-state index contributed by atoms with van der Waals surface area (Å²) < 4.78 is 46.1. The van der Waals surface area contributed by atoms with Gasteiger partial charge in [-0.15, -0.1) is 0 Å². The van der Waals surface area contributed by atoms with E-state index in [2.05, 4.69) is 0 Å². The predicted octanol–water partition coefficient (Wildman–Crippen LogP) is 1.48.